The van der Waals surface area contributed by atoms with Crippen molar-refractivity contribution in [1.29, 1.82) is 0 Å². The van der Waals surface area contributed by atoms with Crippen molar-refractivity contribution in [2.24, 2.45) is 0 Å². The summed E-state index contributed by atoms with van der Waals surface area (Å²) < 4.78 is 16.0. The molecule has 0 aliphatic carbocycles. The second kappa shape index (κ2) is 7.70. The number of thioether (sulfide) groups is 1. The molecule has 2 aromatic heterocycles. The zero-order valence-corrected chi connectivity index (χ0v) is 16.5. The minimum Gasteiger partial charge on any atom is -0.299 e. The fourth-order valence-electron chi connectivity index (χ4n) is 2.89. The minimum atomic E-state index is -0.174. The van der Waals surface area contributed by atoms with E-state index < -0.39 is 0 Å². The first-order valence-electron chi connectivity index (χ1n) is 8.41. The molecule has 2 heterocycles. The molecular formula is C19H22FN3S2. The summed E-state index contributed by atoms with van der Waals surface area (Å²) >= 11 is 3.29. The molecule has 6 heteroatoms. The molecule has 25 heavy (non-hydrogen) atoms. The van der Waals surface area contributed by atoms with Gasteiger partial charge in [-0.15, -0.1) is 21.5 Å². The quantitative estimate of drug-likeness (QED) is 0.503. The molecule has 1 aromatic carbocycles. The van der Waals surface area contributed by atoms with Crippen LogP contribution in [0.4, 0.5) is 4.39 Å². The number of aromatic nitrogens is 3. The summed E-state index contributed by atoms with van der Waals surface area (Å²) in [6.45, 7) is 8.58. The van der Waals surface area contributed by atoms with Crippen LogP contribution in [0.15, 0.2) is 34.8 Å². The largest absolute Gasteiger partial charge is 0.299 e. The standard InChI is InChI=1S/C19H22FN3S2/c1-5-15-13(4)24-11-16(15)18-21-22-19(23(18)12(2)3)25-10-14-8-6-7-9-17(14)20/h6-9,11-12H,5,10H2,1-4H3. The van der Waals surface area contributed by atoms with Gasteiger partial charge in [0, 0.05) is 27.6 Å². The van der Waals surface area contributed by atoms with Gasteiger partial charge in [-0.2, -0.15) is 0 Å². The minimum absolute atomic E-state index is 0.174. The molecule has 0 atom stereocenters. The molecule has 0 saturated heterocycles. The number of hydrogen-bond acceptors (Lipinski definition) is 4. The summed E-state index contributed by atoms with van der Waals surface area (Å²) in [4.78, 5) is 1.33. The molecule has 0 aliphatic rings. The zero-order valence-electron chi connectivity index (χ0n) is 14.9. The number of rotatable bonds is 6. The van der Waals surface area contributed by atoms with Gasteiger partial charge in [-0.05, 0) is 44.4 Å². The topological polar surface area (TPSA) is 30.7 Å². The molecule has 132 valence electrons. The van der Waals surface area contributed by atoms with E-state index in [0.717, 1.165) is 17.4 Å². The molecule has 0 spiro atoms. The van der Waals surface area contributed by atoms with Gasteiger partial charge < -0.3 is 0 Å². The van der Waals surface area contributed by atoms with Crippen LogP contribution in [0.5, 0.6) is 0 Å². The molecule has 3 nitrogen and oxygen atoms in total. The first kappa shape index (κ1) is 18.1. The number of nitrogens with zero attached hydrogens (tertiary/aromatic N) is 3. The maximum absolute atomic E-state index is 13.9. The molecule has 0 amide bonds. The van der Waals surface area contributed by atoms with Crippen molar-refractivity contribution in [3.8, 4) is 11.4 Å². The summed E-state index contributed by atoms with van der Waals surface area (Å²) in [5, 5.41) is 11.9. The molecule has 0 bridgehead atoms. The Kier molecular flexibility index (Phi) is 5.59. The van der Waals surface area contributed by atoms with E-state index in [2.05, 4.69) is 47.8 Å². The lowest BCUT2D eigenvalue weighted by Gasteiger charge is -2.14. The average Bonchev–Trinajstić information content (AvgIpc) is 3.17. The highest BCUT2D eigenvalue weighted by Gasteiger charge is 2.20. The predicted octanol–water partition coefficient (Wildman–Crippen LogP) is 5.89. The maximum Gasteiger partial charge on any atom is 0.192 e. The van der Waals surface area contributed by atoms with Gasteiger partial charge in [0.1, 0.15) is 5.82 Å². The van der Waals surface area contributed by atoms with Crippen molar-refractivity contribution in [3.05, 3.63) is 51.5 Å². The fraction of sp³-hybridized carbons (Fsp3) is 0.368. The van der Waals surface area contributed by atoms with Gasteiger partial charge in [-0.3, -0.25) is 4.57 Å². The van der Waals surface area contributed by atoms with Crippen LogP contribution in [-0.4, -0.2) is 14.8 Å². The van der Waals surface area contributed by atoms with Crippen molar-refractivity contribution in [2.75, 3.05) is 0 Å². The Balaban J connectivity index is 1.94. The Labute approximate surface area is 156 Å². The second-order valence-electron chi connectivity index (χ2n) is 6.19. The van der Waals surface area contributed by atoms with Gasteiger partial charge in [0.05, 0.1) is 0 Å². The highest BCUT2D eigenvalue weighted by Crippen LogP contribution is 2.35. The lowest BCUT2D eigenvalue weighted by Crippen LogP contribution is -2.05. The molecular weight excluding hydrogens is 353 g/mol. The van der Waals surface area contributed by atoms with E-state index in [1.165, 1.54) is 33.8 Å². The van der Waals surface area contributed by atoms with Crippen molar-refractivity contribution in [1.82, 2.24) is 14.8 Å². The summed E-state index contributed by atoms with van der Waals surface area (Å²) in [5.41, 5.74) is 3.20. The van der Waals surface area contributed by atoms with Gasteiger partial charge in [0.15, 0.2) is 11.0 Å². The van der Waals surface area contributed by atoms with E-state index in [9.17, 15) is 4.39 Å². The van der Waals surface area contributed by atoms with Crippen molar-refractivity contribution in [2.45, 2.75) is 51.1 Å². The Bertz CT molecular complexity index is 867. The Hall–Kier alpha value is -1.66. The highest BCUT2D eigenvalue weighted by molar-refractivity contribution is 7.98. The third kappa shape index (κ3) is 3.65. The number of aryl methyl sites for hydroxylation is 1. The van der Waals surface area contributed by atoms with Crippen LogP contribution in [0.3, 0.4) is 0 Å². The Morgan fingerprint density at radius 2 is 2.00 bits per heavy atom. The van der Waals surface area contributed by atoms with E-state index in [1.54, 1.807) is 17.4 Å². The summed E-state index contributed by atoms with van der Waals surface area (Å²) in [7, 11) is 0. The van der Waals surface area contributed by atoms with Crippen LogP contribution in [0.2, 0.25) is 0 Å². The van der Waals surface area contributed by atoms with Gasteiger partial charge in [-0.25, -0.2) is 4.39 Å². The monoisotopic (exact) mass is 375 g/mol. The highest BCUT2D eigenvalue weighted by atomic mass is 32.2. The third-order valence-electron chi connectivity index (χ3n) is 4.19. The number of benzene rings is 1. The van der Waals surface area contributed by atoms with Crippen LogP contribution in [-0.2, 0) is 12.2 Å². The summed E-state index contributed by atoms with van der Waals surface area (Å²) in [6, 6.07) is 7.12. The molecule has 0 saturated carbocycles. The molecule has 3 aromatic rings. The average molecular weight is 376 g/mol. The number of hydrogen-bond donors (Lipinski definition) is 0. The van der Waals surface area contributed by atoms with E-state index in [4.69, 9.17) is 0 Å². The Morgan fingerprint density at radius 1 is 1.24 bits per heavy atom. The predicted molar refractivity (Wildman–Crippen MR) is 104 cm³/mol. The van der Waals surface area contributed by atoms with Gasteiger partial charge in [-0.1, -0.05) is 36.9 Å². The van der Waals surface area contributed by atoms with Crippen LogP contribution in [0, 0.1) is 12.7 Å². The second-order valence-corrected chi connectivity index (χ2v) is 8.21. The molecule has 0 unspecified atom stereocenters. The van der Waals surface area contributed by atoms with Crippen LogP contribution in [0.25, 0.3) is 11.4 Å². The van der Waals surface area contributed by atoms with E-state index in [1.807, 2.05) is 12.1 Å². The molecule has 0 aliphatic heterocycles. The SMILES string of the molecule is CCc1c(-c2nnc(SCc3ccccc3F)n2C(C)C)csc1C. The lowest BCUT2D eigenvalue weighted by atomic mass is 10.1. The van der Waals surface area contributed by atoms with Crippen molar-refractivity contribution >= 4 is 23.1 Å². The van der Waals surface area contributed by atoms with Crippen molar-refractivity contribution in [3.63, 3.8) is 0 Å². The normalized spacial score (nSPS) is 11.4. The summed E-state index contributed by atoms with van der Waals surface area (Å²) in [5.74, 6) is 1.28. The zero-order chi connectivity index (χ0) is 18.0. The van der Waals surface area contributed by atoms with Crippen LogP contribution in [0.1, 0.15) is 42.8 Å². The first-order valence-corrected chi connectivity index (χ1v) is 10.3. The van der Waals surface area contributed by atoms with Crippen molar-refractivity contribution < 1.29 is 4.39 Å². The van der Waals surface area contributed by atoms with Gasteiger partial charge in [0.25, 0.3) is 0 Å². The molecule has 0 fully saturated rings. The van der Waals surface area contributed by atoms with Crippen LogP contribution >= 0.6 is 23.1 Å². The summed E-state index contributed by atoms with van der Waals surface area (Å²) in [6.07, 6.45) is 0.979. The Morgan fingerprint density at radius 3 is 2.68 bits per heavy atom. The first-order chi connectivity index (χ1) is 12.0. The molecule has 0 N–H and O–H groups in total. The third-order valence-corrected chi connectivity index (χ3v) is 6.14. The molecule has 3 rings (SSSR count). The lowest BCUT2D eigenvalue weighted by molar-refractivity contribution is 0.555. The van der Waals surface area contributed by atoms with Gasteiger partial charge in [0.2, 0.25) is 0 Å². The van der Waals surface area contributed by atoms with Gasteiger partial charge >= 0.3 is 0 Å². The van der Waals surface area contributed by atoms with E-state index in [0.29, 0.717) is 11.3 Å². The smallest absolute Gasteiger partial charge is 0.192 e. The maximum atomic E-state index is 13.9. The number of halogens is 1. The molecule has 0 radical (unpaired) electrons. The van der Waals surface area contributed by atoms with E-state index in [-0.39, 0.29) is 11.9 Å². The number of thiophene rings is 1. The van der Waals surface area contributed by atoms with Crippen LogP contribution < -0.4 is 0 Å². The van der Waals surface area contributed by atoms with E-state index >= 15 is 0 Å². The fourth-order valence-corrected chi connectivity index (χ4v) is 4.88.